The lowest BCUT2D eigenvalue weighted by Crippen LogP contribution is -2.13. The molecule has 1 N–H and O–H groups in total. The first-order chi connectivity index (χ1) is 9.32. The number of rotatable bonds is 3. The van der Waals surface area contributed by atoms with Crippen molar-refractivity contribution in [2.24, 2.45) is 0 Å². The summed E-state index contributed by atoms with van der Waals surface area (Å²) in [6.45, 7) is 7.68. The maximum atomic E-state index is 11.7. The summed E-state index contributed by atoms with van der Waals surface area (Å²) >= 11 is 0. The van der Waals surface area contributed by atoms with Gasteiger partial charge in [-0.05, 0) is 57.0 Å². The van der Waals surface area contributed by atoms with Crippen LogP contribution in [0.15, 0.2) is 24.3 Å². The largest absolute Gasteiger partial charge is 0.475 e. The van der Waals surface area contributed by atoms with Crippen LogP contribution in [0.25, 0.3) is 5.69 Å². The molecule has 0 aliphatic rings. The lowest BCUT2D eigenvalue weighted by Gasteiger charge is -2.11. The number of ketones is 1. The van der Waals surface area contributed by atoms with Gasteiger partial charge in [-0.1, -0.05) is 6.07 Å². The standard InChI is InChI=1S/C16H17NO3/c1-9-5-6-13(7-10(9)2)17-11(3)8-14(12(17)4)15(18)16(19)20/h5-8H,1-4H3,(H,19,20). The number of carboxylic acid groups (broad SMARTS) is 1. The molecule has 0 amide bonds. The van der Waals surface area contributed by atoms with Crippen LogP contribution in [0.3, 0.4) is 0 Å². The molecule has 0 bridgehead atoms. The summed E-state index contributed by atoms with van der Waals surface area (Å²) in [5.41, 5.74) is 5.02. The normalized spacial score (nSPS) is 10.6. The highest BCUT2D eigenvalue weighted by Gasteiger charge is 2.21. The molecule has 4 nitrogen and oxygen atoms in total. The second kappa shape index (κ2) is 4.96. The second-order valence-corrected chi connectivity index (χ2v) is 5.02. The molecule has 2 rings (SSSR count). The molecule has 1 aromatic heterocycles. The van der Waals surface area contributed by atoms with Crippen LogP contribution in [0.2, 0.25) is 0 Å². The highest BCUT2D eigenvalue weighted by Crippen LogP contribution is 2.23. The molecule has 0 unspecified atom stereocenters. The van der Waals surface area contributed by atoms with Gasteiger partial charge in [0.15, 0.2) is 0 Å². The Kier molecular flexibility index (Phi) is 3.49. The Morgan fingerprint density at radius 1 is 1.00 bits per heavy atom. The third-order valence-corrected chi connectivity index (χ3v) is 3.62. The summed E-state index contributed by atoms with van der Waals surface area (Å²) in [7, 11) is 0. The molecule has 4 heteroatoms. The topological polar surface area (TPSA) is 59.3 Å². The zero-order valence-corrected chi connectivity index (χ0v) is 12.0. The fourth-order valence-electron chi connectivity index (χ4n) is 2.37. The van der Waals surface area contributed by atoms with Crippen LogP contribution in [0.5, 0.6) is 0 Å². The van der Waals surface area contributed by atoms with Crippen LogP contribution in [-0.2, 0) is 4.79 Å². The van der Waals surface area contributed by atoms with E-state index in [4.69, 9.17) is 5.11 Å². The third kappa shape index (κ3) is 2.25. The molecule has 1 heterocycles. The molecule has 0 radical (unpaired) electrons. The highest BCUT2D eigenvalue weighted by molar-refractivity contribution is 6.40. The van der Waals surface area contributed by atoms with E-state index in [2.05, 4.69) is 0 Å². The summed E-state index contributed by atoms with van der Waals surface area (Å²) in [6.07, 6.45) is 0. The Bertz CT molecular complexity index is 711. The van der Waals surface area contributed by atoms with E-state index in [-0.39, 0.29) is 5.56 Å². The average Bonchev–Trinajstić information content (AvgIpc) is 2.67. The molecule has 20 heavy (non-hydrogen) atoms. The first-order valence-electron chi connectivity index (χ1n) is 6.37. The van der Waals surface area contributed by atoms with E-state index in [1.165, 1.54) is 5.56 Å². The molecular formula is C16H17NO3. The number of aryl methyl sites for hydroxylation is 3. The van der Waals surface area contributed by atoms with Gasteiger partial charge in [0.05, 0.1) is 5.56 Å². The summed E-state index contributed by atoms with van der Waals surface area (Å²) in [6, 6.07) is 7.64. The Balaban J connectivity index is 2.61. The number of benzene rings is 1. The van der Waals surface area contributed by atoms with Crippen molar-refractivity contribution in [3.05, 3.63) is 52.3 Å². The van der Waals surface area contributed by atoms with E-state index in [9.17, 15) is 9.59 Å². The Labute approximate surface area is 117 Å². The minimum absolute atomic E-state index is 0.244. The van der Waals surface area contributed by atoms with Gasteiger partial charge in [0.25, 0.3) is 5.78 Å². The lowest BCUT2D eigenvalue weighted by atomic mass is 10.1. The number of carboxylic acids is 1. The van der Waals surface area contributed by atoms with Crippen LogP contribution in [-0.4, -0.2) is 21.4 Å². The number of aliphatic carboxylic acids is 1. The molecular weight excluding hydrogens is 254 g/mol. The summed E-state index contributed by atoms with van der Waals surface area (Å²) in [5, 5.41) is 8.85. The van der Waals surface area contributed by atoms with Crippen LogP contribution >= 0.6 is 0 Å². The Morgan fingerprint density at radius 3 is 2.20 bits per heavy atom. The van der Waals surface area contributed by atoms with E-state index in [0.717, 1.165) is 16.9 Å². The van der Waals surface area contributed by atoms with Gasteiger partial charge in [-0.2, -0.15) is 0 Å². The van der Waals surface area contributed by atoms with Crippen LogP contribution < -0.4 is 0 Å². The van der Waals surface area contributed by atoms with Gasteiger partial charge in [-0.15, -0.1) is 0 Å². The molecule has 0 aliphatic heterocycles. The predicted octanol–water partition coefficient (Wildman–Crippen LogP) is 2.98. The molecule has 0 saturated heterocycles. The second-order valence-electron chi connectivity index (χ2n) is 5.02. The van der Waals surface area contributed by atoms with Gasteiger partial charge in [-0.3, -0.25) is 4.79 Å². The molecule has 104 valence electrons. The van der Waals surface area contributed by atoms with E-state index in [0.29, 0.717) is 5.69 Å². The van der Waals surface area contributed by atoms with E-state index >= 15 is 0 Å². The van der Waals surface area contributed by atoms with Crippen molar-refractivity contribution in [2.45, 2.75) is 27.7 Å². The number of aromatic nitrogens is 1. The number of carbonyl (C=O) groups is 2. The van der Waals surface area contributed by atoms with E-state index in [1.807, 2.05) is 43.5 Å². The molecule has 2 aromatic rings. The molecule has 0 fully saturated rings. The van der Waals surface area contributed by atoms with Crippen LogP contribution in [0.1, 0.15) is 32.9 Å². The first-order valence-corrected chi connectivity index (χ1v) is 6.37. The zero-order valence-electron chi connectivity index (χ0n) is 12.0. The number of carbonyl (C=O) groups excluding carboxylic acids is 1. The Morgan fingerprint density at radius 2 is 1.65 bits per heavy atom. The van der Waals surface area contributed by atoms with Gasteiger partial charge >= 0.3 is 5.97 Å². The summed E-state index contributed by atoms with van der Waals surface area (Å²) in [4.78, 5) is 22.5. The maximum Gasteiger partial charge on any atom is 0.377 e. The predicted molar refractivity (Wildman–Crippen MR) is 76.7 cm³/mol. The van der Waals surface area contributed by atoms with Crippen molar-refractivity contribution in [1.29, 1.82) is 0 Å². The fraction of sp³-hybridized carbons (Fsp3) is 0.250. The summed E-state index contributed by atoms with van der Waals surface area (Å²) < 4.78 is 1.91. The van der Waals surface area contributed by atoms with Crippen molar-refractivity contribution in [2.75, 3.05) is 0 Å². The number of Topliss-reactive ketones (excluding diaryl/α,β-unsaturated/α-hetero) is 1. The van der Waals surface area contributed by atoms with Crippen molar-refractivity contribution in [1.82, 2.24) is 4.57 Å². The van der Waals surface area contributed by atoms with Crippen LogP contribution in [0, 0.1) is 27.7 Å². The molecule has 0 spiro atoms. The highest BCUT2D eigenvalue weighted by atomic mass is 16.4. The number of hydrogen-bond acceptors (Lipinski definition) is 2. The molecule has 0 atom stereocenters. The smallest absolute Gasteiger partial charge is 0.377 e. The summed E-state index contributed by atoms with van der Waals surface area (Å²) in [5.74, 6) is -2.29. The molecule has 0 aliphatic carbocycles. The van der Waals surface area contributed by atoms with Gasteiger partial charge < -0.3 is 9.67 Å². The number of hydrogen-bond donors (Lipinski definition) is 1. The molecule has 0 saturated carbocycles. The number of nitrogens with zero attached hydrogens (tertiary/aromatic N) is 1. The van der Waals surface area contributed by atoms with Gasteiger partial charge in [0.1, 0.15) is 0 Å². The monoisotopic (exact) mass is 271 g/mol. The van der Waals surface area contributed by atoms with Gasteiger partial charge in [-0.25, -0.2) is 4.79 Å². The average molecular weight is 271 g/mol. The van der Waals surface area contributed by atoms with Crippen LogP contribution in [0.4, 0.5) is 0 Å². The van der Waals surface area contributed by atoms with Gasteiger partial charge in [0.2, 0.25) is 0 Å². The minimum Gasteiger partial charge on any atom is -0.475 e. The van der Waals surface area contributed by atoms with Crippen molar-refractivity contribution in [3.63, 3.8) is 0 Å². The minimum atomic E-state index is -1.43. The SMILES string of the molecule is Cc1ccc(-n2c(C)cc(C(=O)C(=O)O)c2C)cc1C. The Hall–Kier alpha value is -2.36. The maximum absolute atomic E-state index is 11.7. The van der Waals surface area contributed by atoms with Crippen molar-refractivity contribution in [3.8, 4) is 5.69 Å². The zero-order chi connectivity index (χ0) is 15.0. The fourth-order valence-corrected chi connectivity index (χ4v) is 2.37. The quantitative estimate of drug-likeness (QED) is 0.689. The van der Waals surface area contributed by atoms with E-state index in [1.54, 1.807) is 13.0 Å². The molecule has 1 aromatic carbocycles. The lowest BCUT2D eigenvalue weighted by molar-refractivity contribution is -0.131. The first kappa shape index (κ1) is 14.1. The third-order valence-electron chi connectivity index (χ3n) is 3.62. The van der Waals surface area contributed by atoms with Crippen molar-refractivity contribution >= 4 is 11.8 Å². The van der Waals surface area contributed by atoms with E-state index < -0.39 is 11.8 Å². The van der Waals surface area contributed by atoms with Gasteiger partial charge in [0, 0.05) is 17.1 Å². The van der Waals surface area contributed by atoms with Crippen molar-refractivity contribution < 1.29 is 14.7 Å².